The van der Waals surface area contributed by atoms with Gasteiger partial charge in [-0.3, -0.25) is 15.3 Å². The molecule has 1 aliphatic carbocycles. The van der Waals surface area contributed by atoms with E-state index in [0.717, 1.165) is 0 Å². The van der Waals surface area contributed by atoms with Crippen molar-refractivity contribution in [2.75, 3.05) is 0 Å². The topological polar surface area (TPSA) is 89.6 Å². The van der Waals surface area contributed by atoms with Crippen LogP contribution in [0.3, 0.4) is 0 Å². The Morgan fingerprint density at radius 3 is 2.09 bits per heavy atom. The molecule has 2 aliphatic rings. The molecule has 0 saturated carbocycles. The molecule has 3 rings (SSSR count). The lowest BCUT2D eigenvalue weighted by atomic mass is 9.74. The van der Waals surface area contributed by atoms with Crippen LogP contribution in [0.25, 0.3) is 0 Å². The summed E-state index contributed by atoms with van der Waals surface area (Å²) in [5, 5.41) is 9.89. The highest BCUT2D eigenvalue weighted by Gasteiger charge is 2.47. The number of hydrogen-bond acceptors (Lipinski definition) is 5. The Hall–Kier alpha value is -2.40. The number of hydrogen-bond donors (Lipinski definition) is 2. The van der Waals surface area contributed by atoms with Gasteiger partial charge in [0.25, 0.3) is 0 Å². The summed E-state index contributed by atoms with van der Waals surface area (Å²) in [7, 11) is 0. The highest BCUT2D eigenvalue weighted by molar-refractivity contribution is 6.10. The number of aliphatic hydroxyl groups excluding tert-OH is 1. The van der Waals surface area contributed by atoms with Crippen LogP contribution in [0.1, 0.15) is 27.2 Å². The molecule has 3 N–H and O–H groups in total. The molecule has 0 bridgehead atoms. The first kappa shape index (κ1) is 17.0. The number of ether oxygens (including phenoxy) is 1. The molecular weight excluding hydrogens is 294 g/mol. The molecule has 0 spiro atoms. The van der Waals surface area contributed by atoms with Crippen LogP contribution in [-0.2, 0) is 14.3 Å². The monoisotopic (exact) mass is 315 g/mol. The van der Waals surface area contributed by atoms with Gasteiger partial charge in [0, 0.05) is 5.57 Å². The van der Waals surface area contributed by atoms with Gasteiger partial charge in [0.05, 0.1) is 17.4 Å². The predicted octanol–water partition coefficient (Wildman–Crippen LogP) is 2.64. The summed E-state index contributed by atoms with van der Waals surface area (Å²) in [5.41, 5.74) is 4.93. The second-order valence-corrected chi connectivity index (χ2v) is 6.07. The van der Waals surface area contributed by atoms with Crippen molar-refractivity contribution < 1.29 is 19.4 Å². The van der Waals surface area contributed by atoms with Crippen molar-refractivity contribution >= 4 is 11.6 Å². The van der Waals surface area contributed by atoms with E-state index in [1.54, 1.807) is 13.8 Å². The van der Waals surface area contributed by atoms with Crippen molar-refractivity contribution in [2.45, 2.75) is 33.4 Å². The fraction of sp³-hybridized carbons (Fsp3) is 0.333. The van der Waals surface area contributed by atoms with Gasteiger partial charge in [0.1, 0.15) is 11.5 Å². The van der Waals surface area contributed by atoms with Gasteiger partial charge in [-0.2, -0.15) is 0 Å². The standard InChI is InChI=1S/C12H15NO4.C6H6/c1-5-9(15)8-6(14)4-7(13)17-11(8)12(2,3)10(5)16;1-2-4-6-5-3-1/h7,15H,4,13H2,1-3H3;1-6H. The minimum Gasteiger partial charge on any atom is -0.507 e. The van der Waals surface area contributed by atoms with Gasteiger partial charge in [0.2, 0.25) is 0 Å². The molecule has 1 aromatic carbocycles. The zero-order chi connectivity index (χ0) is 17.2. The van der Waals surface area contributed by atoms with Gasteiger partial charge in [0.15, 0.2) is 17.8 Å². The maximum absolute atomic E-state index is 12.0. The van der Waals surface area contributed by atoms with Crippen LogP contribution in [0.5, 0.6) is 0 Å². The fourth-order valence-corrected chi connectivity index (χ4v) is 2.61. The summed E-state index contributed by atoms with van der Waals surface area (Å²) in [6.07, 6.45) is -0.736. The van der Waals surface area contributed by atoms with Crippen LogP contribution in [-0.4, -0.2) is 22.9 Å². The average Bonchev–Trinajstić information content (AvgIpc) is 2.53. The molecule has 0 radical (unpaired) electrons. The summed E-state index contributed by atoms with van der Waals surface area (Å²) in [4.78, 5) is 23.9. The smallest absolute Gasteiger partial charge is 0.175 e. The number of aliphatic hydroxyl groups is 1. The summed E-state index contributed by atoms with van der Waals surface area (Å²) in [6.45, 7) is 4.82. The molecule has 1 heterocycles. The lowest BCUT2D eigenvalue weighted by Crippen LogP contribution is -2.43. The van der Waals surface area contributed by atoms with Gasteiger partial charge >= 0.3 is 0 Å². The Morgan fingerprint density at radius 2 is 1.61 bits per heavy atom. The molecule has 1 unspecified atom stereocenters. The summed E-state index contributed by atoms with van der Waals surface area (Å²) >= 11 is 0. The third kappa shape index (κ3) is 3.19. The zero-order valence-electron chi connectivity index (χ0n) is 13.5. The molecule has 5 nitrogen and oxygen atoms in total. The van der Waals surface area contributed by atoms with E-state index in [9.17, 15) is 14.7 Å². The molecular formula is C18H21NO4. The Labute approximate surface area is 135 Å². The normalized spacial score (nSPS) is 22.9. The van der Waals surface area contributed by atoms with Crippen molar-refractivity contribution in [3.05, 3.63) is 59.1 Å². The van der Waals surface area contributed by atoms with Gasteiger partial charge in [-0.15, -0.1) is 0 Å². The van der Waals surface area contributed by atoms with Crippen molar-refractivity contribution in [1.29, 1.82) is 0 Å². The van der Waals surface area contributed by atoms with Gasteiger partial charge in [-0.05, 0) is 20.8 Å². The number of allylic oxidation sites excluding steroid dienone is 3. The molecule has 0 amide bonds. The number of carbonyl (C=O) groups is 2. The first-order valence-electron chi connectivity index (χ1n) is 7.42. The van der Waals surface area contributed by atoms with Gasteiger partial charge in [-0.25, -0.2) is 0 Å². The number of Topliss-reactive ketones (excluding diaryl/α,β-unsaturated/α-hetero) is 2. The molecule has 5 heteroatoms. The number of benzene rings is 1. The molecule has 23 heavy (non-hydrogen) atoms. The van der Waals surface area contributed by atoms with Gasteiger partial charge < -0.3 is 9.84 Å². The first-order chi connectivity index (χ1) is 10.8. The van der Waals surface area contributed by atoms with Crippen LogP contribution in [0, 0.1) is 5.41 Å². The average molecular weight is 315 g/mol. The lowest BCUT2D eigenvalue weighted by molar-refractivity contribution is -0.127. The predicted molar refractivity (Wildman–Crippen MR) is 86.3 cm³/mol. The second-order valence-electron chi connectivity index (χ2n) is 6.07. The number of ketones is 2. The second kappa shape index (κ2) is 6.38. The highest BCUT2D eigenvalue weighted by atomic mass is 16.5. The Balaban J connectivity index is 0.000000268. The molecule has 0 saturated heterocycles. The highest BCUT2D eigenvalue weighted by Crippen LogP contribution is 2.43. The Bertz CT molecular complexity index is 660. The summed E-state index contributed by atoms with van der Waals surface area (Å²) in [5.74, 6) is -0.623. The van der Waals surface area contributed by atoms with Crippen LogP contribution in [0.15, 0.2) is 59.1 Å². The zero-order valence-corrected chi connectivity index (χ0v) is 13.5. The molecule has 1 aromatic rings. The van der Waals surface area contributed by atoms with Crippen LogP contribution in [0.2, 0.25) is 0 Å². The van der Waals surface area contributed by atoms with E-state index in [-0.39, 0.29) is 40.7 Å². The van der Waals surface area contributed by atoms with Crippen molar-refractivity contribution in [1.82, 2.24) is 0 Å². The minimum absolute atomic E-state index is 0.0143. The summed E-state index contributed by atoms with van der Waals surface area (Å²) in [6, 6.07) is 12.0. The molecule has 122 valence electrons. The Morgan fingerprint density at radius 1 is 1.13 bits per heavy atom. The van der Waals surface area contributed by atoms with E-state index in [4.69, 9.17) is 10.5 Å². The van der Waals surface area contributed by atoms with Crippen LogP contribution in [0.4, 0.5) is 0 Å². The van der Waals surface area contributed by atoms with E-state index in [1.165, 1.54) is 6.92 Å². The van der Waals surface area contributed by atoms with E-state index in [2.05, 4.69) is 0 Å². The third-order valence-electron chi connectivity index (χ3n) is 3.90. The van der Waals surface area contributed by atoms with E-state index in [0.29, 0.717) is 0 Å². The van der Waals surface area contributed by atoms with Crippen LogP contribution >= 0.6 is 0 Å². The first-order valence-corrected chi connectivity index (χ1v) is 7.42. The van der Waals surface area contributed by atoms with Crippen LogP contribution < -0.4 is 5.73 Å². The SMILES string of the molecule is CC1=C(O)C2=C(OC(N)CC2=O)C(C)(C)C1=O.c1ccccc1. The number of nitrogens with two attached hydrogens (primary N) is 1. The fourth-order valence-electron chi connectivity index (χ4n) is 2.61. The molecule has 0 aromatic heterocycles. The minimum atomic E-state index is -0.959. The third-order valence-corrected chi connectivity index (χ3v) is 3.90. The van der Waals surface area contributed by atoms with E-state index >= 15 is 0 Å². The molecule has 0 fully saturated rings. The van der Waals surface area contributed by atoms with E-state index in [1.807, 2.05) is 36.4 Å². The Kier molecular flexibility index (Phi) is 4.71. The quantitative estimate of drug-likeness (QED) is 0.768. The lowest BCUT2D eigenvalue weighted by Gasteiger charge is -2.37. The largest absolute Gasteiger partial charge is 0.507 e. The van der Waals surface area contributed by atoms with Crippen molar-refractivity contribution in [3.8, 4) is 0 Å². The summed E-state index contributed by atoms with van der Waals surface area (Å²) < 4.78 is 5.39. The number of rotatable bonds is 0. The molecule has 1 atom stereocenters. The maximum atomic E-state index is 12.0. The van der Waals surface area contributed by atoms with Gasteiger partial charge in [-0.1, -0.05) is 36.4 Å². The van der Waals surface area contributed by atoms with Crippen molar-refractivity contribution in [2.24, 2.45) is 11.1 Å². The molecule has 1 aliphatic heterocycles. The number of carbonyl (C=O) groups excluding carboxylic acids is 2. The van der Waals surface area contributed by atoms with E-state index < -0.39 is 11.6 Å². The van der Waals surface area contributed by atoms with Crippen molar-refractivity contribution in [3.63, 3.8) is 0 Å². The maximum Gasteiger partial charge on any atom is 0.175 e.